The zero-order valence-corrected chi connectivity index (χ0v) is 3.73. The summed E-state index contributed by atoms with van der Waals surface area (Å²) in [6.07, 6.45) is 0. The first-order valence-electron chi connectivity index (χ1n) is 0.928. The van der Waals surface area contributed by atoms with Gasteiger partial charge < -0.3 is 5.11 Å². The summed E-state index contributed by atoms with van der Waals surface area (Å²) >= 11 is 0. The Morgan fingerprint density at radius 1 is 1.67 bits per heavy atom. The van der Waals surface area contributed by atoms with Crippen molar-refractivity contribution in [3.63, 3.8) is 0 Å². The summed E-state index contributed by atoms with van der Waals surface area (Å²) in [5, 5.41) is 7.42. The van der Waals surface area contributed by atoms with Crippen molar-refractivity contribution >= 4 is 57.4 Å². The van der Waals surface area contributed by atoms with Crippen molar-refractivity contribution in [2.75, 3.05) is 0 Å². The Morgan fingerprint density at radius 3 is 1.67 bits per heavy atom. The van der Waals surface area contributed by atoms with Crippen LogP contribution in [0.3, 0.4) is 0 Å². The predicted octanol–water partition coefficient (Wildman–Crippen LogP) is -0.560. The standard InChI is InChI=1S/C2H4O2.Co.K.H/c1-2(3)4;;;/h1H3,(H,3,4);;;. The molecule has 0 bridgehead atoms. The Hall–Kier alpha value is 1.61. The van der Waals surface area contributed by atoms with Crippen LogP contribution in [0, 0.1) is 0 Å². The zero-order valence-electron chi connectivity index (χ0n) is 2.69. The molecule has 0 spiro atoms. The van der Waals surface area contributed by atoms with Gasteiger partial charge in [-0.25, -0.2) is 0 Å². The summed E-state index contributed by atoms with van der Waals surface area (Å²) in [6.45, 7) is 1.08. The summed E-state index contributed by atoms with van der Waals surface area (Å²) in [6, 6.07) is 0. The fourth-order valence-corrected chi connectivity index (χ4v) is 0. The van der Waals surface area contributed by atoms with Gasteiger partial charge in [-0.15, -0.1) is 0 Å². The van der Waals surface area contributed by atoms with E-state index in [0.29, 0.717) is 0 Å². The molecule has 0 aromatic rings. The van der Waals surface area contributed by atoms with Crippen LogP contribution in [-0.4, -0.2) is 62.5 Å². The Balaban J connectivity index is -0.0000000450. The number of rotatable bonds is 0. The molecule has 0 aliphatic carbocycles. The Kier molecular flexibility index (Phi) is 25.5. The van der Waals surface area contributed by atoms with Gasteiger partial charge in [-0.05, 0) is 0 Å². The second-order valence-corrected chi connectivity index (χ2v) is 0.519. The number of hydrogen-bond donors (Lipinski definition) is 1. The molecule has 0 aliphatic heterocycles. The maximum atomic E-state index is 9.00. The van der Waals surface area contributed by atoms with Crippen molar-refractivity contribution in [1.82, 2.24) is 0 Å². The zero-order chi connectivity index (χ0) is 3.58. The van der Waals surface area contributed by atoms with E-state index in [1.807, 2.05) is 0 Å². The minimum absolute atomic E-state index is 0. The molecule has 1 radical (unpaired) electrons. The van der Waals surface area contributed by atoms with Crippen molar-refractivity contribution in [1.29, 1.82) is 0 Å². The van der Waals surface area contributed by atoms with Gasteiger partial charge in [0, 0.05) is 23.7 Å². The summed E-state index contributed by atoms with van der Waals surface area (Å²) in [5.41, 5.74) is 0. The molecule has 0 amide bonds. The molecule has 0 atom stereocenters. The van der Waals surface area contributed by atoms with Crippen LogP contribution in [0.2, 0.25) is 0 Å². The molecule has 0 saturated heterocycles. The molecule has 2 nitrogen and oxygen atoms in total. The fraction of sp³-hybridized carbons (Fsp3) is 0.500. The first kappa shape index (κ1) is 15.6. The second kappa shape index (κ2) is 9.79. The van der Waals surface area contributed by atoms with Gasteiger partial charge in [0.25, 0.3) is 5.97 Å². The molecule has 0 heterocycles. The number of carboxylic acid groups (broad SMARTS) is 1. The van der Waals surface area contributed by atoms with Crippen molar-refractivity contribution in [3.05, 3.63) is 0 Å². The molecule has 0 saturated carbocycles. The third kappa shape index (κ3) is 45.9. The van der Waals surface area contributed by atoms with Crippen molar-refractivity contribution in [3.8, 4) is 0 Å². The monoisotopic (exact) mass is 159 g/mol. The normalized spacial score (nSPS) is 4.17. The third-order valence-electron chi connectivity index (χ3n) is 0. The summed E-state index contributed by atoms with van der Waals surface area (Å²) < 4.78 is 0. The van der Waals surface area contributed by atoms with E-state index in [2.05, 4.69) is 0 Å². The van der Waals surface area contributed by atoms with Crippen LogP contribution in [0.15, 0.2) is 0 Å². The van der Waals surface area contributed by atoms with Gasteiger partial charge in [0.05, 0.1) is 0 Å². The predicted molar refractivity (Wildman–Crippen MR) is 20.5 cm³/mol. The molecule has 0 aromatic heterocycles. The molecule has 35 valence electrons. The molecule has 6 heavy (non-hydrogen) atoms. The van der Waals surface area contributed by atoms with Crippen LogP contribution < -0.4 is 0 Å². The van der Waals surface area contributed by atoms with Gasteiger partial charge >= 0.3 is 51.4 Å². The maximum absolute atomic E-state index is 9.00. The van der Waals surface area contributed by atoms with Crippen LogP contribution in [0.5, 0.6) is 0 Å². The van der Waals surface area contributed by atoms with E-state index in [4.69, 9.17) is 9.90 Å². The van der Waals surface area contributed by atoms with E-state index in [0.717, 1.165) is 6.92 Å². The topological polar surface area (TPSA) is 37.3 Å². The van der Waals surface area contributed by atoms with Crippen molar-refractivity contribution in [2.45, 2.75) is 6.92 Å². The molecule has 4 heteroatoms. The SMILES string of the molecule is CC(=O)O.[Co].[KH]. The van der Waals surface area contributed by atoms with Gasteiger partial charge in [-0.3, -0.25) is 4.79 Å². The quantitative estimate of drug-likeness (QED) is 0.481. The summed E-state index contributed by atoms with van der Waals surface area (Å²) in [5.74, 6) is -0.833. The molecule has 1 N–H and O–H groups in total. The van der Waals surface area contributed by atoms with E-state index < -0.39 is 5.97 Å². The summed E-state index contributed by atoms with van der Waals surface area (Å²) in [4.78, 5) is 9.00. The molecule has 0 aromatic carbocycles. The van der Waals surface area contributed by atoms with E-state index in [1.165, 1.54) is 0 Å². The second-order valence-electron chi connectivity index (χ2n) is 0.519. The average Bonchev–Trinajstić information content (AvgIpc) is 0.811. The van der Waals surface area contributed by atoms with Gasteiger partial charge in [0.15, 0.2) is 0 Å². The van der Waals surface area contributed by atoms with Crippen LogP contribution in [-0.2, 0) is 21.6 Å². The van der Waals surface area contributed by atoms with Gasteiger partial charge in [0.2, 0.25) is 0 Å². The van der Waals surface area contributed by atoms with E-state index >= 15 is 0 Å². The van der Waals surface area contributed by atoms with Gasteiger partial charge in [-0.1, -0.05) is 0 Å². The molecule has 0 unspecified atom stereocenters. The Morgan fingerprint density at radius 2 is 1.67 bits per heavy atom. The van der Waals surface area contributed by atoms with Crippen LogP contribution >= 0.6 is 0 Å². The molecular formula is C2H5CoKO2. The Bertz CT molecular complexity index is 34.5. The number of carbonyl (C=O) groups is 1. The first-order chi connectivity index (χ1) is 1.73. The Labute approximate surface area is 89.3 Å². The van der Waals surface area contributed by atoms with Crippen molar-refractivity contribution < 1.29 is 26.7 Å². The van der Waals surface area contributed by atoms with Crippen LogP contribution in [0.1, 0.15) is 6.92 Å². The van der Waals surface area contributed by atoms with E-state index in [9.17, 15) is 0 Å². The molecular weight excluding hydrogens is 154 g/mol. The number of aliphatic carboxylic acids is 1. The van der Waals surface area contributed by atoms with Crippen LogP contribution in [0.4, 0.5) is 0 Å². The van der Waals surface area contributed by atoms with Gasteiger partial charge in [0.1, 0.15) is 0 Å². The third-order valence-corrected chi connectivity index (χ3v) is 0. The van der Waals surface area contributed by atoms with Gasteiger partial charge in [-0.2, -0.15) is 0 Å². The minimum atomic E-state index is -0.833. The molecule has 0 fully saturated rings. The summed E-state index contributed by atoms with van der Waals surface area (Å²) in [7, 11) is 0. The fourth-order valence-electron chi connectivity index (χ4n) is 0. The van der Waals surface area contributed by atoms with E-state index in [-0.39, 0.29) is 68.2 Å². The molecule has 0 rings (SSSR count). The van der Waals surface area contributed by atoms with E-state index in [1.54, 1.807) is 0 Å². The number of carboxylic acids is 1. The van der Waals surface area contributed by atoms with Crippen LogP contribution in [0.25, 0.3) is 0 Å². The van der Waals surface area contributed by atoms with Crippen molar-refractivity contribution in [2.24, 2.45) is 0 Å². The average molecular weight is 159 g/mol. The first-order valence-corrected chi connectivity index (χ1v) is 0.928. The molecule has 0 aliphatic rings. The number of hydrogen-bond acceptors (Lipinski definition) is 1.